The summed E-state index contributed by atoms with van der Waals surface area (Å²) in [6, 6.07) is 8.96. The molecule has 132 valence electrons. The van der Waals surface area contributed by atoms with E-state index in [1.165, 1.54) is 13.2 Å². The second kappa shape index (κ2) is 8.23. The molecule has 5 nitrogen and oxygen atoms in total. The van der Waals surface area contributed by atoms with Gasteiger partial charge in [-0.1, -0.05) is 18.2 Å². The number of primary amides is 1. The average Bonchev–Trinajstić information content (AvgIpc) is 2.57. The Balaban J connectivity index is 2.02. The van der Waals surface area contributed by atoms with Gasteiger partial charge in [-0.25, -0.2) is 8.78 Å². The zero-order chi connectivity index (χ0) is 18.4. The van der Waals surface area contributed by atoms with Crippen LogP contribution in [0.15, 0.2) is 42.5 Å². The van der Waals surface area contributed by atoms with Crippen molar-refractivity contribution >= 4 is 11.8 Å². The highest BCUT2D eigenvalue weighted by Crippen LogP contribution is 2.13. The van der Waals surface area contributed by atoms with Gasteiger partial charge in [-0.3, -0.25) is 9.59 Å². The molecule has 2 rings (SSSR count). The molecule has 0 aliphatic heterocycles. The van der Waals surface area contributed by atoms with E-state index in [0.717, 1.165) is 11.6 Å². The minimum atomic E-state index is -0.940. The lowest BCUT2D eigenvalue weighted by molar-refractivity contribution is -0.127. The molecule has 0 bridgehead atoms. The van der Waals surface area contributed by atoms with Gasteiger partial charge >= 0.3 is 0 Å². The van der Waals surface area contributed by atoms with Crippen molar-refractivity contribution in [3.8, 4) is 5.75 Å². The van der Waals surface area contributed by atoms with Gasteiger partial charge in [0.05, 0.1) is 13.5 Å². The van der Waals surface area contributed by atoms with Crippen molar-refractivity contribution in [1.29, 1.82) is 0 Å². The number of ether oxygens (including phenoxy) is 1. The number of benzene rings is 2. The Bertz CT molecular complexity index is 763. The molecule has 7 heteroatoms. The van der Waals surface area contributed by atoms with E-state index in [2.05, 4.69) is 5.32 Å². The first kappa shape index (κ1) is 18.4. The number of carbonyl (C=O) groups excluding carboxylic acids is 2. The molecule has 2 aromatic rings. The summed E-state index contributed by atoms with van der Waals surface area (Å²) in [6.07, 6.45) is -0.129. The maximum atomic E-state index is 13.6. The maximum Gasteiger partial charge on any atom is 0.240 e. The number of nitrogens with one attached hydrogen (secondary N) is 1. The van der Waals surface area contributed by atoms with E-state index < -0.39 is 29.5 Å². The molecule has 25 heavy (non-hydrogen) atoms. The summed E-state index contributed by atoms with van der Waals surface area (Å²) in [7, 11) is 1.54. The number of hydrogen-bond donors (Lipinski definition) is 2. The van der Waals surface area contributed by atoms with E-state index in [9.17, 15) is 18.4 Å². The molecular weight excluding hydrogens is 330 g/mol. The molecule has 0 saturated heterocycles. The van der Waals surface area contributed by atoms with Crippen molar-refractivity contribution in [2.45, 2.75) is 18.9 Å². The Morgan fingerprint density at radius 2 is 1.84 bits per heavy atom. The summed E-state index contributed by atoms with van der Waals surface area (Å²) < 4.78 is 31.5. The van der Waals surface area contributed by atoms with Crippen LogP contribution in [0.3, 0.4) is 0 Å². The Morgan fingerprint density at radius 3 is 2.40 bits per heavy atom. The van der Waals surface area contributed by atoms with Crippen LogP contribution in [0.4, 0.5) is 8.78 Å². The van der Waals surface area contributed by atoms with E-state index in [1.807, 2.05) is 0 Å². The first-order valence-electron chi connectivity index (χ1n) is 7.54. The molecule has 0 heterocycles. The molecule has 0 unspecified atom stereocenters. The smallest absolute Gasteiger partial charge is 0.240 e. The zero-order valence-corrected chi connectivity index (χ0v) is 13.6. The quantitative estimate of drug-likeness (QED) is 0.800. The Labute approximate surface area is 143 Å². The number of rotatable bonds is 7. The Hall–Kier alpha value is -2.96. The van der Waals surface area contributed by atoms with Crippen molar-refractivity contribution in [1.82, 2.24) is 5.32 Å². The van der Waals surface area contributed by atoms with E-state index in [1.54, 1.807) is 24.3 Å². The van der Waals surface area contributed by atoms with Gasteiger partial charge in [0.15, 0.2) is 0 Å². The summed E-state index contributed by atoms with van der Waals surface area (Å²) in [5.41, 5.74) is 6.14. The summed E-state index contributed by atoms with van der Waals surface area (Å²) in [5.74, 6) is -2.17. The van der Waals surface area contributed by atoms with Gasteiger partial charge in [-0.2, -0.15) is 0 Å². The number of hydrogen-bond acceptors (Lipinski definition) is 3. The molecule has 0 saturated carbocycles. The predicted octanol–water partition coefficient (Wildman–Crippen LogP) is 1.73. The maximum absolute atomic E-state index is 13.6. The first-order chi connectivity index (χ1) is 11.9. The lowest BCUT2D eigenvalue weighted by atomic mass is 10.0. The number of methoxy groups -OCH3 is 1. The third-order valence-corrected chi connectivity index (χ3v) is 3.64. The van der Waals surface area contributed by atoms with Crippen LogP contribution in [0.25, 0.3) is 0 Å². The van der Waals surface area contributed by atoms with E-state index in [0.29, 0.717) is 11.8 Å². The standard InChI is InChI=1S/C18H18F2N2O3/c1-25-14-6-2-11(3-7-14)8-16(18(21)24)22-17(23)9-12-4-5-13(19)10-15(12)20/h2-7,10,16H,8-9H2,1H3,(H2,21,24)(H,22,23)/t16-/m0/s1. The fourth-order valence-electron chi connectivity index (χ4n) is 2.30. The van der Waals surface area contributed by atoms with Crippen molar-refractivity contribution < 1.29 is 23.1 Å². The molecule has 0 aliphatic rings. The van der Waals surface area contributed by atoms with E-state index in [-0.39, 0.29) is 18.4 Å². The van der Waals surface area contributed by atoms with Crippen LogP contribution in [0.2, 0.25) is 0 Å². The lowest BCUT2D eigenvalue weighted by Crippen LogP contribution is -2.46. The van der Waals surface area contributed by atoms with Gasteiger partial charge in [-0.05, 0) is 29.3 Å². The third kappa shape index (κ3) is 5.27. The van der Waals surface area contributed by atoms with Crippen LogP contribution >= 0.6 is 0 Å². The average molecular weight is 348 g/mol. The lowest BCUT2D eigenvalue weighted by Gasteiger charge is -2.16. The van der Waals surface area contributed by atoms with Crippen LogP contribution < -0.4 is 15.8 Å². The van der Waals surface area contributed by atoms with Crippen LogP contribution in [0.5, 0.6) is 5.75 Å². The molecule has 0 aromatic heterocycles. The number of nitrogens with two attached hydrogens (primary N) is 1. The van der Waals surface area contributed by atoms with E-state index >= 15 is 0 Å². The summed E-state index contributed by atoms with van der Waals surface area (Å²) >= 11 is 0. The molecule has 1 atom stereocenters. The van der Waals surface area contributed by atoms with Crippen molar-refractivity contribution in [3.05, 3.63) is 65.2 Å². The van der Waals surface area contributed by atoms with E-state index in [4.69, 9.17) is 10.5 Å². The van der Waals surface area contributed by atoms with Gasteiger partial charge in [0, 0.05) is 12.5 Å². The molecular formula is C18H18F2N2O3. The summed E-state index contributed by atoms with van der Waals surface area (Å²) in [5, 5.41) is 2.48. The highest BCUT2D eigenvalue weighted by molar-refractivity contribution is 5.87. The largest absolute Gasteiger partial charge is 0.497 e. The Morgan fingerprint density at radius 1 is 1.16 bits per heavy atom. The highest BCUT2D eigenvalue weighted by atomic mass is 19.1. The van der Waals surface area contributed by atoms with Gasteiger partial charge < -0.3 is 15.8 Å². The van der Waals surface area contributed by atoms with Crippen LogP contribution in [-0.2, 0) is 22.4 Å². The minimum absolute atomic E-state index is 0.0339. The van der Waals surface area contributed by atoms with Crippen LogP contribution in [-0.4, -0.2) is 25.0 Å². The molecule has 0 aliphatic carbocycles. The molecule has 2 amide bonds. The van der Waals surface area contributed by atoms with Gasteiger partial charge in [-0.15, -0.1) is 0 Å². The normalized spacial score (nSPS) is 11.6. The molecule has 0 spiro atoms. The van der Waals surface area contributed by atoms with Crippen molar-refractivity contribution in [3.63, 3.8) is 0 Å². The van der Waals surface area contributed by atoms with Crippen molar-refractivity contribution in [2.75, 3.05) is 7.11 Å². The number of amides is 2. The first-order valence-corrected chi connectivity index (χ1v) is 7.54. The Kier molecular flexibility index (Phi) is 6.05. The SMILES string of the molecule is COc1ccc(C[C@H](NC(=O)Cc2ccc(F)cc2F)C(N)=O)cc1. The summed E-state index contributed by atoms with van der Waals surface area (Å²) in [4.78, 5) is 23.6. The minimum Gasteiger partial charge on any atom is -0.497 e. The molecule has 0 fully saturated rings. The highest BCUT2D eigenvalue weighted by Gasteiger charge is 2.19. The predicted molar refractivity (Wildman–Crippen MR) is 87.9 cm³/mol. The third-order valence-electron chi connectivity index (χ3n) is 3.64. The number of carbonyl (C=O) groups is 2. The van der Waals surface area contributed by atoms with Crippen LogP contribution in [0.1, 0.15) is 11.1 Å². The van der Waals surface area contributed by atoms with Gasteiger partial charge in [0.25, 0.3) is 0 Å². The van der Waals surface area contributed by atoms with Crippen molar-refractivity contribution in [2.24, 2.45) is 5.73 Å². The second-order valence-corrected chi connectivity index (χ2v) is 5.49. The molecule has 3 N–H and O–H groups in total. The zero-order valence-electron chi connectivity index (χ0n) is 13.6. The van der Waals surface area contributed by atoms with Gasteiger partial charge in [0.2, 0.25) is 11.8 Å². The fourth-order valence-corrected chi connectivity index (χ4v) is 2.30. The second-order valence-electron chi connectivity index (χ2n) is 5.49. The number of halogens is 2. The summed E-state index contributed by atoms with van der Waals surface area (Å²) in [6.45, 7) is 0. The molecule has 2 aromatic carbocycles. The fraction of sp³-hybridized carbons (Fsp3) is 0.222. The monoisotopic (exact) mass is 348 g/mol. The van der Waals surface area contributed by atoms with Gasteiger partial charge in [0.1, 0.15) is 23.4 Å². The van der Waals surface area contributed by atoms with Crippen LogP contribution in [0, 0.1) is 11.6 Å². The topological polar surface area (TPSA) is 81.4 Å². The molecule has 0 radical (unpaired) electrons.